The topological polar surface area (TPSA) is 77.6 Å². The number of benzene rings is 1. The third kappa shape index (κ3) is 3.57. The zero-order chi connectivity index (χ0) is 18.6. The molecule has 0 spiro atoms. The average Bonchev–Trinajstić information content (AvgIpc) is 3.36. The van der Waals surface area contributed by atoms with Crippen molar-refractivity contribution < 1.29 is 4.79 Å². The number of nitrogens with one attached hydrogen (secondary N) is 1. The predicted molar refractivity (Wildman–Crippen MR) is 102 cm³/mol. The molecule has 1 unspecified atom stereocenters. The molecule has 1 amide bonds. The van der Waals surface area contributed by atoms with Gasteiger partial charge in [0.15, 0.2) is 0 Å². The van der Waals surface area contributed by atoms with Crippen LogP contribution < -0.4 is 5.32 Å². The molecule has 0 bridgehead atoms. The highest BCUT2D eigenvalue weighted by molar-refractivity contribution is 5.78. The van der Waals surface area contributed by atoms with Crippen molar-refractivity contribution in [3.05, 3.63) is 72.9 Å². The van der Waals surface area contributed by atoms with Crippen molar-refractivity contribution in [2.45, 2.75) is 25.9 Å². The van der Waals surface area contributed by atoms with Gasteiger partial charge in [-0.1, -0.05) is 18.2 Å². The lowest BCUT2D eigenvalue weighted by Crippen LogP contribution is -2.26. The molecule has 4 aromatic rings. The van der Waals surface area contributed by atoms with Gasteiger partial charge in [-0.25, -0.2) is 9.97 Å². The van der Waals surface area contributed by atoms with Crippen LogP contribution in [0.25, 0.3) is 16.9 Å². The van der Waals surface area contributed by atoms with Crippen LogP contribution in [0.4, 0.5) is 0 Å². The van der Waals surface area contributed by atoms with E-state index in [9.17, 15) is 4.79 Å². The first kappa shape index (κ1) is 17.0. The summed E-state index contributed by atoms with van der Waals surface area (Å²) in [4.78, 5) is 21.3. The van der Waals surface area contributed by atoms with Crippen molar-refractivity contribution in [2.75, 3.05) is 0 Å². The molecule has 1 N–H and O–H groups in total. The number of hydrogen-bond donors (Lipinski definition) is 1. The molecule has 3 aromatic heterocycles. The minimum Gasteiger partial charge on any atom is -0.352 e. The summed E-state index contributed by atoms with van der Waals surface area (Å²) in [5.74, 6) is 0.745. The number of pyridine rings is 1. The Hall–Kier alpha value is -3.48. The number of hydrogen-bond acceptors (Lipinski definition) is 4. The fourth-order valence-corrected chi connectivity index (χ4v) is 3.08. The van der Waals surface area contributed by atoms with E-state index in [1.54, 1.807) is 23.4 Å². The first-order valence-corrected chi connectivity index (χ1v) is 8.84. The summed E-state index contributed by atoms with van der Waals surface area (Å²) < 4.78 is 3.73. The maximum absolute atomic E-state index is 12.3. The van der Waals surface area contributed by atoms with Crippen LogP contribution in [0.1, 0.15) is 24.9 Å². The zero-order valence-corrected chi connectivity index (χ0v) is 15.0. The molecule has 1 aromatic carbocycles. The van der Waals surface area contributed by atoms with Gasteiger partial charge in [0.05, 0.1) is 17.1 Å². The lowest BCUT2D eigenvalue weighted by Gasteiger charge is -2.14. The Morgan fingerprint density at radius 1 is 1.11 bits per heavy atom. The Morgan fingerprint density at radius 2 is 2.00 bits per heavy atom. The van der Waals surface area contributed by atoms with E-state index >= 15 is 0 Å². The van der Waals surface area contributed by atoms with E-state index in [1.165, 1.54) is 0 Å². The van der Waals surface area contributed by atoms with E-state index in [0.29, 0.717) is 13.0 Å². The summed E-state index contributed by atoms with van der Waals surface area (Å²) >= 11 is 0. The van der Waals surface area contributed by atoms with E-state index in [2.05, 4.69) is 20.4 Å². The second-order valence-electron chi connectivity index (χ2n) is 6.41. The maximum Gasteiger partial charge on any atom is 0.222 e. The smallest absolute Gasteiger partial charge is 0.222 e. The van der Waals surface area contributed by atoms with E-state index in [0.717, 1.165) is 22.4 Å². The number of aromatic nitrogens is 5. The molecule has 7 nitrogen and oxygen atoms in total. The first-order chi connectivity index (χ1) is 13.2. The van der Waals surface area contributed by atoms with Crippen molar-refractivity contribution >= 4 is 16.9 Å². The Balaban J connectivity index is 1.49. The molecule has 0 aliphatic carbocycles. The van der Waals surface area contributed by atoms with Gasteiger partial charge in [0.2, 0.25) is 5.91 Å². The van der Waals surface area contributed by atoms with Gasteiger partial charge in [-0.3, -0.25) is 14.0 Å². The summed E-state index contributed by atoms with van der Waals surface area (Å²) in [7, 11) is 0. The van der Waals surface area contributed by atoms with Crippen molar-refractivity contribution in [3.8, 4) is 5.82 Å². The highest BCUT2D eigenvalue weighted by Gasteiger charge is 2.13. The molecule has 0 aliphatic heterocycles. The number of rotatable bonds is 6. The Morgan fingerprint density at radius 3 is 2.85 bits per heavy atom. The minimum atomic E-state index is -0.0247. The second-order valence-corrected chi connectivity index (χ2v) is 6.41. The number of para-hydroxylation sites is 2. The van der Waals surface area contributed by atoms with E-state index < -0.39 is 0 Å². The summed E-state index contributed by atoms with van der Waals surface area (Å²) in [6.07, 6.45) is 7.45. The SMILES string of the molecule is CC(CC(=O)NCc1cccnc1-n1cnc2ccccc21)n1cccn1. The molecule has 0 saturated carbocycles. The quantitative estimate of drug-likeness (QED) is 0.573. The van der Waals surface area contributed by atoms with Gasteiger partial charge in [-0.15, -0.1) is 0 Å². The number of carbonyl (C=O) groups is 1. The maximum atomic E-state index is 12.3. The lowest BCUT2D eigenvalue weighted by atomic mass is 10.2. The summed E-state index contributed by atoms with van der Waals surface area (Å²) in [6.45, 7) is 2.38. The minimum absolute atomic E-state index is 0.00552. The predicted octanol–water partition coefficient (Wildman–Crippen LogP) is 2.88. The van der Waals surface area contributed by atoms with E-state index in [4.69, 9.17) is 0 Å². The molecule has 0 fully saturated rings. The second kappa shape index (κ2) is 7.41. The van der Waals surface area contributed by atoms with Crippen molar-refractivity contribution in [1.29, 1.82) is 0 Å². The van der Waals surface area contributed by atoms with Crippen LogP contribution in [0.3, 0.4) is 0 Å². The van der Waals surface area contributed by atoms with Crippen molar-refractivity contribution in [3.63, 3.8) is 0 Å². The molecule has 7 heteroatoms. The molecule has 1 atom stereocenters. The van der Waals surface area contributed by atoms with Crippen LogP contribution in [0.15, 0.2) is 67.4 Å². The van der Waals surface area contributed by atoms with Gasteiger partial charge in [0.1, 0.15) is 12.1 Å². The average molecular weight is 360 g/mol. The van der Waals surface area contributed by atoms with Crippen LogP contribution in [-0.4, -0.2) is 30.2 Å². The van der Waals surface area contributed by atoms with Crippen molar-refractivity contribution in [2.24, 2.45) is 0 Å². The molecule has 4 rings (SSSR count). The summed E-state index contributed by atoms with van der Waals surface area (Å²) in [5.41, 5.74) is 2.82. The number of amides is 1. The zero-order valence-electron chi connectivity index (χ0n) is 15.0. The molecule has 27 heavy (non-hydrogen) atoms. The third-order valence-corrected chi connectivity index (χ3v) is 4.48. The van der Waals surface area contributed by atoms with Gasteiger partial charge in [0, 0.05) is 37.1 Å². The Bertz CT molecular complexity index is 1050. The molecule has 0 radical (unpaired) electrons. The number of carbonyl (C=O) groups excluding carboxylic acids is 1. The Kier molecular flexibility index (Phi) is 4.65. The van der Waals surface area contributed by atoms with Gasteiger partial charge >= 0.3 is 0 Å². The van der Waals surface area contributed by atoms with Gasteiger partial charge in [-0.2, -0.15) is 5.10 Å². The summed E-state index contributed by atoms with van der Waals surface area (Å²) in [5, 5.41) is 7.17. The standard InChI is InChI=1S/C20H20N6O/c1-15(26-11-5-10-24-26)12-19(27)22-13-16-6-4-9-21-20(16)25-14-23-17-7-2-3-8-18(17)25/h2-11,14-15H,12-13H2,1H3,(H,22,27). The molecule has 0 saturated heterocycles. The van der Waals surface area contributed by atoms with E-state index in [-0.39, 0.29) is 11.9 Å². The van der Waals surface area contributed by atoms with Gasteiger partial charge < -0.3 is 5.32 Å². The van der Waals surface area contributed by atoms with Crippen LogP contribution in [0, 0.1) is 0 Å². The lowest BCUT2D eigenvalue weighted by molar-refractivity contribution is -0.122. The molecule has 3 heterocycles. The highest BCUT2D eigenvalue weighted by Crippen LogP contribution is 2.19. The van der Waals surface area contributed by atoms with Crippen LogP contribution in [-0.2, 0) is 11.3 Å². The molecular formula is C20H20N6O. The number of fused-ring (bicyclic) bond motifs is 1. The molecule has 136 valence electrons. The monoisotopic (exact) mass is 360 g/mol. The largest absolute Gasteiger partial charge is 0.352 e. The fourth-order valence-electron chi connectivity index (χ4n) is 3.08. The molecule has 0 aliphatic rings. The normalized spacial score (nSPS) is 12.2. The first-order valence-electron chi connectivity index (χ1n) is 8.84. The third-order valence-electron chi connectivity index (χ3n) is 4.48. The van der Waals surface area contributed by atoms with Gasteiger partial charge in [-0.05, 0) is 31.2 Å². The number of imidazole rings is 1. The van der Waals surface area contributed by atoms with Crippen molar-refractivity contribution in [1.82, 2.24) is 29.6 Å². The van der Waals surface area contributed by atoms with Crippen LogP contribution in [0.5, 0.6) is 0 Å². The van der Waals surface area contributed by atoms with Gasteiger partial charge in [0.25, 0.3) is 0 Å². The van der Waals surface area contributed by atoms with Crippen LogP contribution >= 0.6 is 0 Å². The highest BCUT2D eigenvalue weighted by atomic mass is 16.1. The molecular weight excluding hydrogens is 340 g/mol. The van der Waals surface area contributed by atoms with E-state index in [1.807, 2.05) is 60.2 Å². The fraction of sp³-hybridized carbons (Fsp3) is 0.200. The number of nitrogens with zero attached hydrogens (tertiary/aromatic N) is 5. The Labute approximate surface area is 156 Å². The van der Waals surface area contributed by atoms with Crippen LogP contribution in [0.2, 0.25) is 0 Å². The summed E-state index contributed by atoms with van der Waals surface area (Å²) in [6, 6.07) is 13.6.